The Kier molecular flexibility index (Phi) is 5.31. The van der Waals surface area contributed by atoms with Crippen molar-refractivity contribution in [3.05, 3.63) is 16.1 Å². The number of alkyl carbamates (subject to hydrolysis) is 1. The number of nitrogens with one attached hydrogen (secondary N) is 2. The summed E-state index contributed by atoms with van der Waals surface area (Å²) in [6, 6.07) is 1.62. The molecule has 0 fully saturated rings. The SMILES string of the molecule is CC(C)(C)OC(=O)NCCNc1c(Cl)cc(Cl)c2c1N=S=N2. The van der Waals surface area contributed by atoms with Crippen LogP contribution in [0.4, 0.5) is 21.9 Å². The minimum atomic E-state index is -0.518. The smallest absolute Gasteiger partial charge is 0.407 e. The van der Waals surface area contributed by atoms with Crippen molar-refractivity contribution in [2.45, 2.75) is 26.4 Å². The van der Waals surface area contributed by atoms with Gasteiger partial charge in [-0.05, 0) is 26.8 Å². The second-order valence-electron chi connectivity index (χ2n) is 5.53. The van der Waals surface area contributed by atoms with Gasteiger partial charge in [-0.25, -0.2) is 4.79 Å². The monoisotopic (exact) mass is 362 g/mol. The second kappa shape index (κ2) is 6.85. The van der Waals surface area contributed by atoms with Gasteiger partial charge in [0.25, 0.3) is 0 Å². The lowest BCUT2D eigenvalue weighted by molar-refractivity contribution is 0.0530. The predicted octanol–water partition coefficient (Wildman–Crippen LogP) is 4.66. The average molecular weight is 363 g/mol. The molecule has 1 aliphatic rings. The van der Waals surface area contributed by atoms with Crippen molar-refractivity contribution < 1.29 is 9.53 Å². The highest BCUT2D eigenvalue weighted by molar-refractivity contribution is 7.58. The number of carbonyl (C=O) groups excluding carboxylic acids is 1. The molecule has 0 saturated carbocycles. The van der Waals surface area contributed by atoms with Crippen LogP contribution in [-0.2, 0) is 16.1 Å². The second-order valence-corrected chi connectivity index (χ2v) is 6.87. The van der Waals surface area contributed by atoms with Crippen LogP contribution in [0.15, 0.2) is 14.8 Å². The van der Waals surface area contributed by atoms with Gasteiger partial charge in [0.2, 0.25) is 0 Å². The zero-order chi connectivity index (χ0) is 16.3. The molecule has 22 heavy (non-hydrogen) atoms. The third-order valence-corrected chi connectivity index (χ3v) is 3.65. The molecule has 0 saturated heterocycles. The summed E-state index contributed by atoms with van der Waals surface area (Å²) in [7, 11) is 0. The van der Waals surface area contributed by atoms with Crippen LogP contribution in [-0.4, -0.2) is 24.8 Å². The fourth-order valence-corrected chi connectivity index (χ4v) is 2.89. The van der Waals surface area contributed by atoms with Gasteiger partial charge in [0.15, 0.2) is 0 Å². The van der Waals surface area contributed by atoms with E-state index < -0.39 is 11.7 Å². The summed E-state index contributed by atoms with van der Waals surface area (Å²) >= 11 is 13.3. The molecule has 0 bridgehead atoms. The van der Waals surface area contributed by atoms with Gasteiger partial charge in [-0.2, -0.15) is 8.73 Å². The molecule has 2 rings (SSSR count). The summed E-state index contributed by atoms with van der Waals surface area (Å²) < 4.78 is 13.5. The largest absolute Gasteiger partial charge is 0.444 e. The van der Waals surface area contributed by atoms with Crippen molar-refractivity contribution in [1.29, 1.82) is 0 Å². The zero-order valence-corrected chi connectivity index (χ0v) is 14.7. The molecule has 120 valence electrons. The summed E-state index contributed by atoms with van der Waals surface area (Å²) in [6.45, 7) is 6.28. The van der Waals surface area contributed by atoms with Crippen LogP contribution < -0.4 is 10.6 Å². The van der Waals surface area contributed by atoms with E-state index in [0.717, 1.165) is 11.4 Å². The Balaban J connectivity index is 1.90. The minimum Gasteiger partial charge on any atom is -0.444 e. The van der Waals surface area contributed by atoms with Crippen LogP contribution in [0.2, 0.25) is 10.0 Å². The number of hydrogen-bond acceptors (Lipinski definition) is 5. The van der Waals surface area contributed by atoms with E-state index in [1.807, 2.05) is 20.8 Å². The lowest BCUT2D eigenvalue weighted by Crippen LogP contribution is -2.35. The average Bonchev–Trinajstić information content (AvgIpc) is 2.85. The van der Waals surface area contributed by atoms with E-state index >= 15 is 0 Å². The Morgan fingerprint density at radius 3 is 2.59 bits per heavy atom. The summed E-state index contributed by atoms with van der Waals surface area (Å²) in [5.41, 5.74) is 1.37. The van der Waals surface area contributed by atoms with Crippen molar-refractivity contribution >= 4 is 57.7 Å². The number of anilines is 1. The van der Waals surface area contributed by atoms with Crippen LogP contribution in [0.5, 0.6) is 0 Å². The molecular weight excluding hydrogens is 347 g/mol. The molecule has 0 atom stereocenters. The minimum absolute atomic E-state index is 0.382. The molecule has 6 nitrogen and oxygen atoms in total. The van der Waals surface area contributed by atoms with Gasteiger partial charge in [-0.15, -0.1) is 0 Å². The van der Waals surface area contributed by atoms with Crippen LogP contribution >= 0.6 is 23.2 Å². The molecule has 0 spiro atoms. The maximum Gasteiger partial charge on any atom is 0.407 e. The van der Waals surface area contributed by atoms with E-state index in [9.17, 15) is 4.79 Å². The Bertz CT molecular complexity index is 667. The van der Waals surface area contributed by atoms with E-state index in [4.69, 9.17) is 27.9 Å². The predicted molar refractivity (Wildman–Crippen MR) is 90.7 cm³/mol. The molecule has 0 radical (unpaired) electrons. The number of rotatable bonds is 4. The van der Waals surface area contributed by atoms with Gasteiger partial charge >= 0.3 is 6.09 Å². The molecule has 0 aromatic heterocycles. The van der Waals surface area contributed by atoms with Gasteiger partial charge in [0.1, 0.15) is 17.0 Å². The molecule has 2 N–H and O–H groups in total. The van der Waals surface area contributed by atoms with E-state index in [1.54, 1.807) is 6.07 Å². The highest BCUT2D eigenvalue weighted by Crippen LogP contribution is 2.47. The summed E-state index contributed by atoms with van der Waals surface area (Å²) in [5.74, 6) is 0. The summed E-state index contributed by atoms with van der Waals surface area (Å²) in [4.78, 5) is 11.5. The molecule has 1 aliphatic heterocycles. The third-order valence-electron chi connectivity index (χ3n) is 2.54. The first-order valence-electron chi connectivity index (χ1n) is 6.59. The number of ether oxygens (including phenoxy) is 1. The van der Waals surface area contributed by atoms with Crippen molar-refractivity contribution in [2.24, 2.45) is 8.73 Å². The van der Waals surface area contributed by atoms with Crippen molar-refractivity contribution in [3.8, 4) is 0 Å². The number of hydrogen-bond donors (Lipinski definition) is 2. The van der Waals surface area contributed by atoms with Gasteiger partial charge < -0.3 is 15.4 Å². The molecule has 1 aromatic rings. The third kappa shape index (κ3) is 4.34. The van der Waals surface area contributed by atoms with Gasteiger partial charge in [0, 0.05) is 13.1 Å². The van der Waals surface area contributed by atoms with Crippen LogP contribution in [0.25, 0.3) is 0 Å². The van der Waals surface area contributed by atoms with Crippen LogP contribution in [0, 0.1) is 0 Å². The molecular formula is C13H16Cl2N4O2S. The van der Waals surface area contributed by atoms with Gasteiger partial charge in [-0.3, -0.25) is 0 Å². The first-order valence-corrected chi connectivity index (χ1v) is 8.07. The zero-order valence-electron chi connectivity index (χ0n) is 12.4. The van der Waals surface area contributed by atoms with Crippen LogP contribution in [0.1, 0.15) is 20.8 Å². The number of nitrogens with zero attached hydrogens (tertiary/aromatic N) is 2. The Morgan fingerprint density at radius 1 is 1.23 bits per heavy atom. The number of carbonyl (C=O) groups is 1. The Labute approximate surface area is 142 Å². The van der Waals surface area contributed by atoms with E-state index in [2.05, 4.69) is 19.4 Å². The highest BCUT2D eigenvalue weighted by atomic mass is 35.5. The number of benzene rings is 1. The lowest BCUT2D eigenvalue weighted by atomic mass is 10.2. The fourth-order valence-electron chi connectivity index (χ4n) is 1.71. The lowest BCUT2D eigenvalue weighted by Gasteiger charge is -2.20. The van der Waals surface area contributed by atoms with E-state index in [1.165, 1.54) is 0 Å². The van der Waals surface area contributed by atoms with E-state index in [0.29, 0.717) is 40.2 Å². The normalized spacial score (nSPS) is 12.6. The summed E-state index contributed by atoms with van der Waals surface area (Å²) in [5, 5.41) is 6.71. The Morgan fingerprint density at radius 2 is 1.91 bits per heavy atom. The summed E-state index contributed by atoms with van der Waals surface area (Å²) in [6.07, 6.45) is -0.461. The van der Waals surface area contributed by atoms with Crippen molar-refractivity contribution in [2.75, 3.05) is 18.4 Å². The quantitative estimate of drug-likeness (QED) is 0.776. The standard InChI is InChI=1S/C13H16Cl2N4O2S/c1-13(2,3)21-12(20)17-5-4-16-9-7(14)6-8(15)10-11(9)19-22-18-10/h6,16H,4-5H2,1-3H3,(H,17,20). The van der Waals surface area contributed by atoms with Gasteiger partial charge in [-0.1, -0.05) is 23.2 Å². The maximum atomic E-state index is 11.5. The number of fused-ring (bicyclic) bond motifs is 1. The molecule has 1 heterocycles. The van der Waals surface area contributed by atoms with E-state index in [-0.39, 0.29) is 0 Å². The van der Waals surface area contributed by atoms with Crippen LogP contribution in [0.3, 0.4) is 0 Å². The molecule has 1 aromatic carbocycles. The first kappa shape index (κ1) is 17.1. The molecule has 9 heteroatoms. The molecule has 0 aliphatic carbocycles. The number of halogens is 2. The maximum absolute atomic E-state index is 11.5. The highest BCUT2D eigenvalue weighted by Gasteiger charge is 2.19. The molecule has 1 amide bonds. The van der Waals surface area contributed by atoms with Crippen molar-refractivity contribution in [1.82, 2.24) is 5.32 Å². The fraction of sp³-hybridized carbons (Fsp3) is 0.462. The molecule has 0 unspecified atom stereocenters. The topological polar surface area (TPSA) is 75.1 Å². The van der Waals surface area contributed by atoms with Gasteiger partial charge in [0.05, 0.1) is 27.1 Å². The first-order chi connectivity index (χ1) is 10.3. The van der Waals surface area contributed by atoms with Crippen molar-refractivity contribution in [3.63, 3.8) is 0 Å². The Hall–Kier alpha value is -1.31. The number of amides is 1.